The van der Waals surface area contributed by atoms with Crippen molar-refractivity contribution in [3.63, 3.8) is 0 Å². The van der Waals surface area contributed by atoms with Gasteiger partial charge in [0.25, 0.3) is 0 Å². The van der Waals surface area contributed by atoms with Gasteiger partial charge in [0, 0.05) is 18.3 Å². The van der Waals surface area contributed by atoms with Gasteiger partial charge in [-0.15, -0.1) is 0 Å². The summed E-state index contributed by atoms with van der Waals surface area (Å²) in [7, 11) is 0. The number of nitriles is 1. The molecule has 0 aliphatic heterocycles. The van der Waals surface area contributed by atoms with E-state index in [1.165, 1.54) is 0 Å². The lowest BCUT2D eigenvalue weighted by Crippen LogP contribution is -2.31. The van der Waals surface area contributed by atoms with Crippen LogP contribution in [0.15, 0.2) is 18.2 Å². The van der Waals surface area contributed by atoms with Gasteiger partial charge < -0.3 is 10.6 Å². The first-order chi connectivity index (χ1) is 8.61. The van der Waals surface area contributed by atoms with Crippen LogP contribution in [0.4, 0.5) is 10.8 Å². The molecule has 0 unspecified atom stereocenters. The Balaban J connectivity index is 2.35. The molecule has 0 amide bonds. The molecule has 2 aromatic rings. The maximum absolute atomic E-state index is 8.71. The first-order valence-corrected chi connectivity index (χ1v) is 6.73. The Labute approximate surface area is 111 Å². The Morgan fingerprint density at radius 2 is 2.28 bits per heavy atom. The highest BCUT2D eigenvalue weighted by molar-refractivity contribution is 7.22. The SMILES string of the molecule is CC(C)N(CCC#N)c1nc2ccc(N)cc2s1. The molecule has 1 aromatic heterocycles. The zero-order chi connectivity index (χ0) is 13.1. The van der Waals surface area contributed by atoms with E-state index >= 15 is 0 Å². The molecule has 2 rings (SSSR count). The number of nitrogens with two attached hydrogens (primary N) is 1. The predicted octanol–water partition coefficient (Wildman–Crippen LogP) is 3.01. The highest BCUT2D eigenvalue weighted by Gasteiger charge is 2.14. The van der Waals surface area contributed by atoms with E-state index < -0.39 is 0 Å². The van der Waals surface area contributed by atoms with E-state index in [0.29, 0.717) is 19.0 Å². The van der Waals surface area contributed by atoms with Gasteiger partial charge in [0.2, 0.25) is 0 Å². The van der Waals surface area contributed by atoms with Crippen LogP contribution in [0.25, 0.3) is 10.2 Å². The van der Waals surface area contributed by atoms with Crippen LogP contribution in [-0.4, -0.2) is 17.6 Å². The van der Waals surface area contributed by atoms with E-state index in [2.05, 4.69) is 29.8 Å². The molecule has 18 heavy (non-hydrogen) atoms. The zero-order valence-corrected chi connectivity index (χ0v) is 11.4. The molecule has 1 aromatic carbocycles. The Hall–Kier alpha value is -1.80. The number of fused-ring (bicyclic) bond motifs is 1. The van der Waals surface area contributed by atoms with Crippen molar-refractivity contribution in [3.05, 3.63) is 18.2 Å². The summed E-state index contributed by atoms with van der Waals surface area (Å²) in [6.07, 6.45) is 0.510. The van der Waals surface area contributed by atoms with Crippen molar-refractivity contribution >= 4 is 32.4 Å². The average Bonchev–Trinajstić information content (AvgIpc) is 2.71. The summed E-state index contributed by atoms with van der Waals surface area (Å²) in [6.45, 7) is 4.93. The first-order valence-electron chi connectivity index (χ1n) is 5.91. The number of hydrogen-bond acceptors (Lipinski definition) is 5. The van der Waals surface area contributed by atoms with Crippen LogP contribution >= 0.6 is 11.3 Å². The van der Waals surface area contributed by atoms with Crippen LogP contribution in [-0.2, 0) is 0 Å². The zero-order valence-electron chi connectivity index (χ0n) is 10.6. The van der Waals surface area contributed by atoms with E-state index in [4.69, 9.17) is 11.0 Å². The molecule has 0 radical (unpaired) electrons. The van der Waals surface area contributed by atoms with Crippen molar-refractivity contribution in [2.75, 3.05) is 17.2 Å². The van der Waals surface area contributed by atoms with Crippen molar-refractivity contribution in [1.29, 1.82) is 5.26 Å². The quantitative estimate of drug-likeness (QED) is 0.858. The van der Waals surface area contributed by atoms with Gasteiger partial charge in [-0.05, 0) is 32.0 Å². The average molecular weight is 260 g/mol. The summed E-state index contributed by atoms with van der Waals surface area (Å²) < 4.78 is 1.09. The molecule has 0 fully saturated rings. The lowest BCUT2D eigenvalue weighted by molar-refractivity contribution is 0.685. The number of benzene rings is 1. The molecular weight excluding hydrogens is 244 g/mol. The minimum Gasteiger partial charge on any atom is -0.399 e. The molecule has 0 atom stereocenters. The van der Waals surface area contributed by atoms with Gasteiger partial charge in [0.1, 0.15) is 0 Å². The van der Waals surface area contributed by atoms with Gasteiger partial charge in [-0.1, -0.05) is 11.3 Å². The standard InChI is InChI=1S/C13H16N4S/c1-9(2)17(7-3-6-14)13-16-11-5-4-10(15)8-12(11)18-13/h4-5,8-9H,3,7,15H2,1-2H3. The molecule has 0 aliphatic rings. The van der Waals surface area contributed by atoms with Crippen LogP contribution in [0.2, 0.25) is 0 Å². The summed E-state index contributed by atoms with van der Waals surface area (Å²) in [5, 5.41) is 9.67. The Morgan fingerprint density at radius 3 is 2.94 bits per heavy atom. The highest BCUT2D eigenvalue weighted by atomic mass is 32.1. The highest BCUT2D eigenvalue weighted by Crippen LogP contribution is 2.31. The van der Waals surface area contributed by atoms with E-state index in [9.17, 15) is 0 Å². The number of anilines is 2. The van der Waals surface area contributed by atoms with E-state index in [1.54, 1.807) is 11.3 Å². The molecule has 0 bridgehead atoms. The van der Waals surface area contributed by atoms with E-state index in [1.807, 2.05) is 18.2 Å². The second-order valence-corrected chi connectivity index (χ2v) is 5.43. The van der Waals surface area contributed by atoms with Gasteiger partial charge in [-0.25, -0.2) is 4.98 Å². The van der Waals surface area contributed by atoms with Crippen LogP contribution in [0.3, 0.4) is 0 Å². The number of hydrogen-bond donors (Lipinski definition) is 1. The summed E-state index contributed by atoms with van der Waals surface area (Å²) in [4.78, 5) is 6.76. The monoisotopic (exact) mass is 260 g/mol. The third-order valence-electron chi connectivity index (χ3n) is 2.73. The topological polar surface area (TPSA) is 65.9 Å². The molecule has 1 heterocycles. The summed E-state index contributed by atoms with van der Waals surface area (Å²) in [5.74, 6) is 0. The third-order valence-corrected chi connectivity index (χ3v) is 3.79. The lowest BCUT2D eigenvalue weighted by Gasteiger charge is -2.24. The van der Waals surface area contributed by atoms with Crippen molar-refractivity contribution in [2.45, 2.75) is 26.3 Å². The summed E-state index contributed by atoms with van der Waals surface area (Å²) in [6, 6.07) is 8.25. The van der Waals surface area contributed by atoms with Gasteiger partial charge >= 0.3 is 0 Å². The molecule has 0 saturated heterocycles. The molecule has 94 valence electrons. The summed E-state index contributed by atoms with van der Waals surface area (Å²) >= 11 is 1.62. The van der Waals surface area contributed by atoms with Crippen LogP contribution < -0.4 is 10.6 Å². The minimum atomic E-state index is 0.330. The number of nitrogen functional groups attached to an aromatic ring is 1. The fraction of sp³-hybridized carbons (Fsp3) is 0.385. The normalized spacial score (nSPS) is 10.8. The second-order valence-electron chi connectivity index (χ2n) is 4.42. The molecule has 0 aliphatic carbocycles. The Bertz CT molecular complexity index is 582. The van der Waals surface area contributed by atoms with E-state index in [0.717, 1.165) is 21.0 Å². The maximum Gasteiger partial charge on any atom is 0.186 e. The largest absolute Gasteiger partial charge is 0.399 e. The van der Waals surface area contributed by atoms with Gasteiger partial charge in [0.15, 0.2) is 5.13 Å². The van der Waals surface area contributed by atoms with Crippen molar-refractivity contribution in [3.8, 4) is 6.07 Å². The minimum absolute atomic E-state index is 0.330. The fourth-order valence-electron chi connectivity index (χ4n) is 1.80. The lowest BCUT2D eigenvalue weighted by atomic mass is 10.3. The Morgan fingerprint density at radius 1 is 1.50 bits per heavy atom. The number of thiazole rings is 1. The van der Waals surface area contributed by atoms with Crippen LogP contribution in [0, 0.1) is 11.3 Å². The molecule has 2 N–H and O–H groups in total. The molecule has 0 spiro atoms. The van der Waals surface area contributed by atoms with Crippen LogP contribution in [0.5, 0.6) is 0 Å². The molecule has 0 saturated carbocycles. The van der Waals surface area contributed by atoms with Gasteiger partial charge in [0.05, 0.1) is 22.7 Å². The third kappa shape index (κ3) is 2.54. The van der Waals surface area contributed by atoms with Crippen LogP contribution in [0.1, 0.15) is 20.3 Å². The van der Waals surface area contributed by atoms with E-state index in [-0.39, 0.29) is 0 Å². The number of nitrogens with zero attached hydrogens (tertiary/aromatic N) is 3. The molecule has 4 nitrogen and oxygen atoms in total. The van der Waals surface area contributed by atoms with Gasteiger partial charge in [-0.2, -0.15) is 5.26 Å². The molecular formula is C13H16N4S. The fourth-order valence-corrected chi connectivity index (χ4v) is 2.97. The first kappa shape index (κ1) is 12.7. The predicted molar refractivity (Wildman–Crippen MR) is 76.7 cm³/mol. The van der Waals surface area contributed by atoms with Crippen molar-refractivity contribution in [1.82, 2.24) is 4.98 Å². The second kappa shape index (κ2) is 5.23. The Kier molecular flexibility index (Phi) is 3.68. The maximum atomic E-state index is 8.71. The summed E-state index contributed by atoms with van der Waals surface area (Å²) in [5.41, 5.74) is 7.49. The smallest absolute Gasteiger partial charge is 0.186 e. The van der Waals surface area contributed by atoms with Crippen molar-refractivity contribution in [2.24, 2.45) is 0 Å². The number of aromatic nitrogens is 1. The molecule has 5 heteroatoms. The van der Waals surface area contributed by atoms with Crippen molar-refractivity contribution < 1.29 is 0 Å². The number of rotatable bonds is 4. The van der Waals surface area contributed by atoms with Gasteiger partial charge in [-0.3, -0.25) is 0 Å².